The second-order valence-corrected chi connectivity index (χ2v) is 25.8. The third-order valence-corrected chi connectivity index (χ3v) is 19.9. The molecule has 0 radical (unpaired) electrons. The summed E-state index contributed by atoms with van der Waals surface area (Å²) < 4.78 is 59.9. The van der Waals surface area contributed by atoms with Crippen LogP contribution in [0.1, 0.15) is 46.8 Å². The molecule has 5 aliphatic rings. The summed E-state index contributed by atoms with van der Waals surface area (Å²) in [4.78, 5) is 109. The Bertz CT molecular complexity index is 2540. The molecule has 1 aromatic rings. The number of aliphatic hydroxyl groups is 4. The fraction of sp³-hybridized carbons (Fsp3) is 0.615. The van der Waals surface area contributed by atoms with Gasteiger partial charge in [-0.3, -0.25) is 67.7 Å². The number of imide groups is 2. The van der Waals surface area contributed by atoms with Crippen LogP contribution >= 0.6 is 36.2 Å². The number of hydrogen-bond acceptors (Lipinski definition) is 24. The van der Waals surface area contributed by atoms with Crippen molar-refractivity contribution in [2.75, 3.05) is 38.9 Å². The number of esters is 2. The van der Waals surface area contributed by atoms with Crippen LogP contribution in [0, 0.1) is 11.8 Å². The van der Waals surface area contributed by atoms with Crippen LogP contribution in [0.4, 0.5) is 0 Å². The molecule has 0 aliphatic carbocycles. The zero-order chi connectivity index (χ0) is 53.7. The van der Waals surface area contributed by atoms with E-state index in [9.17, 15) is 72.7 Å². The highest BCUT2D eigenvalue weighted by molar-refractivity contribution is 8.56. The molecule has 4 saturated heterocycles. The molecule has 0 aromatic carbocycles. The van der Waals surface area contributed by atoms with Crippen LogP contribution in [0.2, 0.25) is 0 Å². The van der Waals surface area contributed by atoms with E-state index < -0.39 is 151 Å². The summed E-state index contributed by atoms with van der Waals surface area (Å²) in [5.74, 6) is -5.36. The maximum Gasteiger partial charge on any atom is 0.330 e. The summed E-state index contributed by atoms with van der Waals surface area (Å²) in [6, 6.07) is -1.11. The number of ether oxygens (including phenoxy) is 4. The lowest BCUT2D eigenvalue weighted by atomic mass is 9.96. The number of nitrogens with zero attached hydrogens (tertiary/aromatic N) is 2. The van der Waals surface area contributed by atoms with Gasteiger partial charge in [0.05, 0.1) is 39.3 Å². The maximum atomic E-state index is 13.6. The second-order valence-electron chi connectivity index (χ2n) is 17.1. The molecule has 4 fully saturated rings. The highest BCUT2D eigenvalue weighted by Crippen LogP contribution is 2.59. The summed E-state index contributed by atoms with van der Waals surface area (Å²) in [6.07, 6.45) is -4.73. The minimum Gasteiger partial charge on any atom is -0.468 e. The number of aliphatic hydroxyl groups excluding tert-OH is 2. The molecule has 3 unspecified atom stereocenters. The van der Waals surface area contributed by atoms with Crippen molar-refractivity contribution in [3.05, 3.63) is 57.8 Å². The average Bonchev–Trinajstić information content (AvgIpc) is 3.96. The van der Waals surface area contributed by atoms with Gasteiger partial charge < -0.3 is 58.6 Å². The van der Waals surface area contributed by atoms with E-state index in [0.717, 1.165) is 31.0 Å². The number of H-pyrrole nitrogens is 1. The fourth-order valence-corrected chi connectivity index (χ4v) is 15.5. The molecule has 14 atom stereocenters. The quantitative estimate of drug-likeness (QED) is 0.0356. The van der Waals surface area contributed by atoms with Gasteiger partial charge in [0.15, 0.2) is 12.5 Å². The van der Waals surface area contributed by atoms with Crippen LogP contribution in [-0.4, -0.2) is 169 Å². The van der Waals surface area contributed by atoms with Gasteiger partial charge in [-0.2, -0.15) is 0 Å². The molecule has 10 N–H and O–H groups in total. The van der Waals surface area contributed by atoms with Gasteiger partial charge in [-0.15, -0.1) is 0 Å². The first kappa shape index (κ1) is 58.3. The second kappa shape index (κ2) is 23.7. The van der Waals surface area contributed by atoms with E-state index in [1.165, 1.54) is 44.9 Å². The molecule has 400 valence electrons. The molecule has 6 heterocycles. The predicted octanol–water partition coefficient (Wildman–Crippen LogP) is -2.87. The smallest absolute Gasteiger partial charge is 0.330 e. The van der Waals surface area contributed by atoms with Crippen molar-refractivity contribution in [3.63, 3.8) is 0 Å². The molecule has 5 aliphatic heterocycles. The summed E-state index contributed by atoms with van der Waals surface area (Å²) in [5.41, 5.74) is -5.42. The minimum atomic E-state index is -3.98. The Kier molecular flexibility index (Phi) is 19.2. The van der Waals surface area contributed by atoms with E-state index in [1.54, 1.807) is 0 Å². The SMILES string of the molecule is C=C1NC(=O)C=CN1[C@@H]1O[C@H](CO[P@@](=O)(N[C@H](C)C(=O)OC)SCC2CC(=O)NC2=O)[C@@H](O)[C@@]1(C)O.COC(=O)[C@@H](C)NP(=O)(OC[C@H]1O[C@@H](n2ccc(=O)[nH]c2=O)[C@](C)(O)[C@@H]1O)SCC1CC(=O)NC1=O. The van der Waals surface area contributed by atoms with Gasteiger partial charge in [-0.1, -0.05) is 29.3 Å². The molecule has 0 bridgehead atoms. The number of aromatic amines is 1. The highest BCUT2D eigenvalue weighted by Gasteiger charge is 2.56. The van der Waals surface area contributed by atoms with Crippen molar-refractivity contribution in [2.24, 2.45) is 11.8 Å². The van der Waals surface area contributed by atoms with Crippen LogP contribution in [0.5, 0.6) is 0 Å². The third-order valence-electron chi connectivity index (χ3n) is 11.5. The number of amides is 5. The monoisotopic (exact) mass is 1100 g/mol. The number of aromatic nitrogens is 2. The Morgan fingerprint density at radius 3 is 1.65 bits per heavy atom. The van der Waals surface area contributed by atoms with Gasteiger partial charge in [0.2, 0.25) is 23.6 Å². The van der Waals surface area contributed by atoms with E-state index >= 15 is 0 Å². The average molecular weight is 1100 g/mol. The zero-order valence-electron chi connectivity index (χ0n) is 39.4. The molecule has 0 saturated carbocycles. The van der Waals surface area contributed by atoms with E-state index in [-0.39, 0.29) is 30.2 Å². The fourth-order valence-electron chi connectivity index (χ4n) is 7.43. The van der Waals surface area contributed by atoms with Gasteiger partial charge in [-0.05, 0) is 27.7 Å². The van der Waals surface area contributed by atoms with Crippen molar-refractivity contribution in [2.45, 2.75) is 101 Å². The molecule has 33 heteroatoms. The lowest BCUT2D eigenvalue weighted by molar-refractivity contribution is -0.143. The van der Waals surface area contributed by atoms with Crippen LogP contribution in [-0.2, 0) is 70.7 Å². The summed E-state index contributed by atoms with van der Waals surface area (Å²) in [7, 11) is 2.29. The van der Waals surface area contributed by atoms with Crippen molar-refractivity contribution < 1.29 is 91.1 Å². The number of rotatable bonds is 20. The Balaban J connectivity index is 0.000000267. The van der Waals surface area contributed by atoms with Gasteiger partial charge >= 0.3 is 31.1 Å². The van der Waals surface area contributed by atoms with Crippen LogP contribution < -0.4 is 37.4 Å². The lowest BCUT2D eigenvalue weighted by Gasteiger charge is -2.37. The van der Waals surface area contributed by atoms with E-state index in [0.29, 0.717) is 22.8 Å². The van der Waals surface area contributed by atoms with Gasteiger partial charge in [0.25, 0.3) is 11.5 Å². The van der Waals surface area contributed by atoms with E-state index in [2.05, 4.69) is 42.2 Å². The Hall–Kier alpha value is -4.59. The number of carbonyl (C=O) groups is 7. The van der Waals surface area contributed by atoms with Crippen LogP contribution in [0.15, 0.2) is 46.5 Å². The number of methoxy groups -OCH3 is 2. The Morgan fingerprint density at radius 2 is 1.25 bits per heavy atom. The molecule has 6 rings (SSSR count). The topological polar surface area (TPSA) is 408 Å². The van der Waals surface area contributed by atoms with Crippen molar-refractivity contribution in [3.8, 4) is 0 Å². The zero-order valence-corrected chi connectivity index (χ0v) is 42.8. The molecular weight excluding hydrogens is 1040 g/mol. The normalized spacial score (nSPS) is 31.7. The third kappa shape index (κ3) is 14.0. The lowest BCUT2D eigenvalue weighted by Crippen LogP contribution is -2.53. The Morgan fingerprint density at radius 1 is 0.806 bits per heavy atom. The van der Waals surface area contributed by atoms with Gasteiger partial charge in [-0.25, -0.2) is 15.0 Å². The first-order valence-corrected chi connectivity index (χ1v) is 28.0. The summed E-state index contributed by atoms with van der Waals surface area (Å²) >= 11 is 1.39. The molecular formula is C39H56N8O21P2S2. The first-order valence-electron chi connectivity index (χ1n) is 21.6. The summed E-state index contributed by atoms with van der Waals surface area (Å²) in [6.45, 7) is 0.0460. The standard InChI is InChI=1S/C20H29N4O10PS.C19H27N4O11PS/c1-10(18(29)32-4)23-35(31,36-9-12-7-15(26)22-17(12)28)33-8-13-16(27)20(3,30)19(34-13)24-6-5-14(25)21-11(24)2;1-9(16(28)32-3)22-35(31,36-8-10-6-13(25)20-15(10)27)33-7-11-14(26)19(2,30)17(34-11)23-5-4-12(24)21-18(23)29/h5-6,10,12-13,16,19,27,30H,2,7-9H2,1,3-4H3,(H,21,25)(H,23,31)(H,22,26,28);4-5,9-11,14,17,26,30H,6-8H2,1-3H3,(H,22,31)(H,20,25,27)(H,21,24,29)/t10-,12?,13-,16-,19-,20-,35+;9-,10?,11-,14-,17-,19-,35?/m11/s1. The van der Waals surface area contributed by atoms with Crippen LogP contribution in [0.3, 0.4) is 0 Å². The largest absolute Gasteiger partial charge is 0.468 e. The van der Waals surface area contributed by atoms with E-state index in [4.69, 9.17) is 18.5 Å². The van der Waals surface area contributed by atoms with Crippen molar-refractivity contribution >= 4 is 77.7 Å². The number of carbonyl (C=O) groups excluding carboxylic acids is 7. The van der Waals surface area contributed by atoms with E-state index in [1.807, 2.05) is 4.98 Å². The molecule has 0 spiro atoms. The van der Waals surface area contributed by atoms with Gasteiger partial charge in [0, 0.05) is 48.9 Å². The molecule has 29 nitrogen and oxygen atoms in total. The van der Waals surface area contributed by atoms with Crippen LogP contribution in [0.25, 0.3) is 0 Å². The molecule has 72 heavy (non-hydrogen) atoms. The van der Waals surface area contributed by atoms with Gasteiger partial charge in [0.1, 0.15) is 53.5 Å². The minimum absolute atomic E-state index is 0.0533. The molecule has 1 aromatic heterocycles. The Labute approximate surface area is 417 Å². The number of nitrogens with one attached hydrogen (secondary N) is 6. The van der Waals surface area contributed by atoms with Crippen molar-refractivity contribution in [1.29, 1.82) is 0 Å². The predicted molar refractivity (Wildman–Crippen MR) is 249 cm³/mol. The summed E-state index contributed by atoms with van der Waals surface area (Å²) in [5, 5.41) is 55.0. The van der Waals surface area contributed by atoms with Crippen molar-refractivity contribution in [1.82, 2.24) is 40.6 Å². The highest BCUT2D eigenvalue weighted by atomic mass is 32.7. The molecule has 5 amide bonds. The first-order chi connectivity index (χ1) is 33.5. The maximum absolute atomic E-state index is 13.6. The number of hydrogen-bond donors (Lipinski definition) is 10.